The van der Waals surface area contributed by atoms with Gasteiger partial charge in [-0.15, -0.1) is 0 Å². The van der Waals surface area contributed by atoms with E-state index in [4.69, 9.17) is 17.0 Å². The van der Waals surface area contributed by atoms with Gasteiger partial charge in [0.25, 0.3) is 5.91 Å². The molecule has 0 spiro atoms. The van der Waals surface area contributed by atoms with Crippen LogP contribution in [0.25, 0.3) is 6.08 Å². The molecule has 8 heteroatoms. The molecule has 0 atom stereocenters. The molecule has 2 amide bonds. The van der Waals surface area contributed by atoms with Crippen LogP contribution in [0.3, 0.4) is 0 Å². The van der Waals surface area contributed by atoms with Gasteiger partial charge in [-0.3, -0.25) is 25.8 Å². The average molecular weight is 462 g/mol. The summed E-state index contributed by atoms with van der Waals surface area (Å²) < 4.78 is 6.24. The van der Waals surface area contributed by atoms with Crippen molar-refractivity contribution in [3.8, 4) is 5.75 Å². The van der Waals surface area contributed by atoms with E-state index >= 15 is 0 Å². The Balaban J connectivity index is 1.71. The van der Waals surface area contributed by atoms with E-state index in [9.17, 15) is 9.59 Å². The topological polar surface area (TPSA) is 79.5 Å². The zero-order chi connectivity index (χ0) is 20.4. The summed E-state index contributed by atoms with van der Waals surface area (Å²) >= 11 is 8.38. The molecule has 0 aliphatic carbocycles. The number of nitrogens with one attached hydrogen (secondary N) is 3. The summed E-state index contributed by atoms with van der Waals surface area (Å²) in [5.41, 5.74) is 6.87. The highest BCUT2D eigenvalue weighted by Crippen LogP contribution is 2.26. The Morgan fingerprint density at radius 1 is 1.14 bits per heavy atom. The summed E-state index contributed by atoms with van der Waals surface area (Å²) in [7, 11) is 0. The van der Waals surface area contributed by atoms with Crippen molar-refractivity contribution >= 4 is 51.2 Å². The molecule has 0 unspecified atom stereocenters. The van der Waals surface area contributed by atoms with Gasteiger partial charge in [0.1, 0.15) is 5.75 Å². The van der Waals surface area contributed by atoms with Crippen molar-refractivity contribution in [2.45, 2.75) is 13.3 Å². The van der Waals surface area contributed by atoms with Crippen molar-refractivity contribution in [1.29, 1.82) is 0 Å². The number of ether oxygens (including phenoxy) is 1. The number of hydrazine groups is 1. The van der Waals surface area contributed by atoms with E-state index in [2.05, 4.69) is 39.0 Å². The van der Waals surface area contributed by atoms with Gasteiger partial charge >= 0.3 is 0 Å². The van der Waals surface area contributed by atoms with E-state index in [0.717, 1.165) is 22.0 Å². The van der Waals surface area contributed by atoms with Gasteiger partial charge in [-0.1, -0.05) is 43.3 Å². The first-order valence-corrected chi connectivity index (χ1v) is 9.72. The minimum Gasteiger partial charge on any atom is -0.483 e. The number of benzene rings is 2. The Kier molecular flexibility index (Phi) is 8.64. The Morgan fingerprint density at radius 2 is 1.89 bits per heavy atom. The molecule has 2 aromatic rings. The van der Waals surface area contributed by atoms with E-state index < -0.39 is 11.8 Å². The van der Waals surface area contributed by atoms with E-state index in [1.807, 2.05) is 42.5 Å². The van der Waals surface area contributed by atoms with E-state index in [0.29, 0.717) is 5.75 Å². The standard InChI is InChI=1S/C20H20BrN3O3S/c1-2-14-8-10-17(16(21)12-14)27-13-19(26)23-24-20(28)22-18(25)11-9-15-6-4-3-5-7-15/h3-12H,2,13H2,1H3,(H,23,26)(H2,22,24,25,28)/b11-9+. The maximum absolute atomic E-state index is 11.9. The predicted molar refractivity (Wildman–Crippen MR) is 117 cm³/mol. The number of carbonyl (C=O) groups excluding carboxylic acids is 2. The second-order valence-electron chi connectivity index (χ2n) is 5.64. The Labute approximate surface area is 177 Å². The van der Waals surface area contributed by atoms with Gasteiger partial charge in [0.05, 0.1) is 4.47 Å². The van der Waals surface area contributed by atoms with Gasteiger partial charge in [-0.05, 0) is 63.9 Å². The van der Waals surface area contributed by atoms with Crippen molar-refractivity contribution in [3.05, 3.63) is 70.2 Å². The molecule has 0 aromatic heterocycles. The van der Waals surface area contributed by atoms with Crippen LogP contribution in [0.15, 0.2) is 59.1 Å². The maximum atomic E-state index is 11.9. The van der Waals surface area contributed by atoms with Gasteiger partial charge in [-0.2, -0.15) is 0 Å². The highest BCUT2D eigenvalue weighted by molar-refractivity contribution is 9.10. The number of thiocarbonyl (C=S) groups is 1. The summed E-state index contributed by atoms with van der Waals surface area (Å²) in [5.74, 6) is -0.288. The molecule has 0 saturated heterocycles. The van der Waals surface area contributed by atoms with E-state index in [1.165, 1.54) is 6.08 Å². The first kappa shape index (κ1) is 21.6. The highest BCUT2D eigenvalue weighted by atomic mass is 79.9. The number of hydrogen-bond acceptors (Lipinski definition) is 4. The predicted octanol–water partition coefficient (Wildman–Crippen LogP) is 3.13. The van der Waals surface area contributed by atoms with Gasteiger partial charge < -0.3 is 4.74 Å². The molecule has 3 N–H and O–H groups in total. The van der Waals surface area contributed by atoms with Crippen molar-refractivity contribution < 1.29 is 14.3 Å². The second kappa shape index (κ2) is 11.2. The quantitative estimate of drug-likeness (QED) is 0.349. The number of carbonyl (C=O) groups is 2. The van der Waals surface area contributed by atoms with Crippen molar-refractivity contribution in [1.82, 2.24) is 16.2 Å². The molecule has 0 heterocycles. The molecule has 0 fully saturated rings. The maximum Gasteiger partial charge on any atom is 0.276 e. The van der Waals surface area contributed by atoms with Gasteiger partial charge in [0.15, 0.2) is 11.7 Å². The molecule has 2 aromatic carbocycles. The molecule has 0 bridgehead atoms. The molecule has 2 rings (SSSR count). The smallest absolute Gasteiger partial charge is 0.276 e. The Hall–Kier alpha value is -2.71. The van der Waals surface area contributed by atoms with Crippen LogP contribution in [0.5, 0.6) is 5.75 Å². The number of hydrogen-bond donors (Lipinski definition) is 3. The SMILES string of the molecule is CCc1ccc(OCC(=O)NNC(=S)NC(=O)/C=C/c2ccccc2)c(Br)c1. The molecule has 28 heavy (non-hydrogen) atoms. The third-order valence-electron chi connectivity index (χ3n) is 3.54. The molecule has 0 radical (unpaired) electrons. The fraction of sp³-hybridized carbons (Fsp3) is 0.150. The molecule has 6 nitrogen and oxygen atoms in total. The Morgan fingerprint density at radius 3 is 2.57 bits per heavy atom. The average Bonchev–Trinajstić information content (AvgIpc) is 2.70. The molecule has 0 aliphatic rings. The first-order valence-electron chi connectivity index (χ1n) is 8.52. The van der Waals surface area contributed by atoms with E-state index in [-0.39, 0.29) is 11.7 Å². The van der Waals surface area contributed by atoms with Crippen LogP contribution < -0.4 is 20.9 Å². The largest absolute Gasteiger partial charge is 0.483 e. The van der Waals surface area contributed by atoms with Crippen molar-refractivity contribution in [2.75, 3.05) is 6.61 Å². The van der Waals surface area contributed by atoms with Crippen LogP contribution in [0.2, 0.25) is 0 Å². The molecule has 0 saturated carbocycles. The number of halogens is 1. The molecular weight excluding hydrogens is 442 g/mol. The second-order valence-corrected chi connectivity index (χ2v) is 6.91. The lowest BCUT2D eigenvalue weighted by Gasteiger charge is -2.11. The molecular formula is C20H20BrN3O3S. The monoisotopic (exact) mass is 461 g/mol. The fourth-order valence-electron chi connectivity index (χ4n) is 2.11. The minimum absolute atomic E-state index is 0.0236. The summed E-state index contributed by atoms with van der Waals surface area (Å²) in [6.07, 6.45) is 3.92. The highest BCUT2D eigenvalue weighted by Gasteiger charge is 2.07. The van der Waals surface area contributed by atoms with Crippen LogP contribution in [-0.4, -0.2) is 23.5 Å². The van der Waals surface area contributed by atoms with Gasteiger partial charge in [-0.25, -0.2) is 0 Å². The van der Waals surface area contributed by atoms with Gasteiger partial charge in [0.2, 0.25) is 5.91 Å². The number of amides is 2. The zero-order valence-corrected chi connectivity index (χ0v) is 17.6. The fourth-order valence-corrected chi connectivity index (χ4v) is 2.80. The zero-order valence-electron chi connectivity index (χ0n) is 15.2. The lowest BCUT2D eigenvalue weighted by molar-refractivity contribution is -0.123. The van der Waals surface area contributed by atoms with Crippen LogP contribution in [0.4, 0.5) is 0 Å². The third kappa shape index (κ3) is 7.50. The van der Waals surface area contributed by atoms with Crippen molar-refractivity contribution in [3.63, 3.8) is 0 Å². The lowest BCUT2D eigenvalue weighted by atomic mass is 10.2. The number of aryl methyl sites for hydroxylation is 1. The molecule has 146 valence electrons. The van der Waals surface area contributed by atoms with Crippen LogP contribution in [-0.2, 0) is 16.0 Å². The number of rotatable bonds is 6. The van der Waals surface area contributed by atoms with Crippen LogP contribution in [0, 0.1) is 0 Å². The first-order chi connectivity index (χ1) is 13.5. The Bertz CT molecular complexity index is 872. The third-order valence-corrected chi connectivity index (χ3v) is 4.37. The molecule has 0 aliphatic heterocycles. The normalized spacial score (nSPS) is 10.4. The lowest BCUT2D eigenvalue weighted by Crippen LogP contribution is -2.49. The van der Waals surface area contributed by atoms with E-state index in [1.54, 1.807) is 12.1 Å². The minimum atomic E-state index is -0.442. The van der Waals surface area contributed by atoms with Gasteiger partial charge in [0, 0.05) is 6.08 Å². The summed E-state index contributed by atoms with van der Waals surface area (Å²) in [4.78, 5) is 23.7. The van der Waals surface area contributed by atoms with Crippen LogP contribution >= 0.6 is 28.1 Å². The summed E-state index contributed by atoms with van der Waals surface area (Å²) in [6.45, 7) is 1.85. The van der Waals surface area contributed by atoms with Crippen LogP contribution in [0.1, 0.15) is 18.1 Å². The van der Waals surface area contributed by atoms with Crippen molar-refractivity contribution in [2.24, 2.45) is 0 Å². The summed E-state index contributed by atoms with van der Waals surface area (Å²) in [6, 6.07) is 15.1. The summed E-state index contributed by atoms with van der Waals surface area (Å²) in [5, 5.41) is 2.41.